The van der Waals surface area contributed by atoms with E-state index in [1.165, 1.54) is 0 Å². The van der Waals surface area contributed by atoms with Crippen LogP contribution in [0.5, 0.6) is 0 Å². The standard InChI is InChI=1S/C11H9F5N2O/c12-6-5(7(13)9(15)10(16)8(6)14)11(19)18-4-1-3(17)2-4/h3-4H,1-2,17H2,(H,18,19). The highest BCUT2D eigenvalue weighted by molar-refractivity contribution is 5.95. The van der Waals surface area contributed by atoms with Crippen LogP contribution in [-0.4, -0.2) is 18.0 Å². The van der Waals surface area contributed by atoms with Gasteiger partial charge < -0.3 is 11.1 Å². The third-order valence-electron chi connectivity index (χ3n) is 2.95. The molecule has 0 bridgehead atoms. The number of carbonyl (C=O) groups is 1. The van der Waals surface area contributed by atoms with Crippen molar-refractivity contribution in [3.8, 4) is 0 Å². The van der Waals surface area contributed by atoms with Crippen LogP contribution in [0.3, 0.4) is 0 Å². The number of benzene rings is 1. The van der Waals surface area contributed by atoms with Gasteiger partial charge in [0.2, 0.25) is 5.82 Å². The zero-order valence-corrected chi connectivity index (χ0v) is 9.44. The molecule has 2 rings (SSSR count). The van der Waals surface area contributed by atoms with Crippen molar-refractivity contribution in [1.29, 1.82) is 0 Å². The number of hydrogen-bond acceptors (Lipinski definition) is 2. The van der Waals surface area contributed by atoms with Crippen molar-refractivity contribution >= 4 is 5.91 Å². The van der Waals surface area contributed by atoms with E-state index in [-0.39, 0.29) is 6.04 Å². The van der Waals surface area contributed by atoms with E-state index in [0.29, 0.717) is 12.8 Å². The van der Waals surface area contributed by atoms with Crippen molar-refractivity contribution in [3.63, 3.8) is 0 Å². The second-order valence-corrected chi connectivity index (χ2v) is 4.35. The summed E-state index contributed by atoms with van der Waals surface area (Å²) in [5.41, 5.74) is 3.97. The predicted octanol–water partition coefficient (Wildman–Crippen LogP) is 1.60. The molecule has 0 heterocycles. The average molecular weight is 280 g/mol. The summed E-state index contributed by atoms with van der Waals surface area (Å²) in [4.78, 5) is 11.5. The largest absolute Gasteiger partial charge is 0.349 e. The highest BCUT2D eigenvalue weighted by atomic mass is 19.2. The SMILES string of the molecule is NC1CC(NC(=O)c2c(F)c(F)c(F)c(F)c2F)C1. The molecule has 0 aromatic heterocycles. The zero-order chi connectivity index (χ0) is 14.3. The highest BCUT2D eigenvalue weighted by Crippen LogP contribution is 2.24. The van der Waals surface area contributed by atoms with Crippen LogP contribution >= 0.6 is 0 Å². The summed E-state index contributed by atoms with van der Waals surface area (Å²) >= 11 is 0. The Bertz CT molecular complexity index is 513. The minimum atomic E-state index is -2.29. The maximum atomic E-state index is 13.3. The van der Waals surface area contributed by atoms with Gasteiger partial charge >= 0.3 is 0 Å². The molecule has 0 unspecified atom stereocenters. The van der Waals surface area contributed by atoms with Crippen molar-refractivity contribution in [2.24, 2.45) is 5.73 Å². The number of hydrogen-bond donors (Lipinski definition) is 2. The Labute approximate surface area is 104 Å². The Morgan fingerprint density at radius 3 is 1.79 bits per heavy atom. The van der Waals surface area contributed by atoms with E-state index in [1.54, 1.807) is 0 Å². The number of rotatable bonds is 2. The molecule has 0 radical (unpaired) electrons. The first-order valence-electron chi connectivity index (χ1n) is 5.40. The summed E-state index contributed by atoms with van der Waals surface area (Å²) in [6.45, 7) is 0. The maximum Gasteiger partial charge on any atom is 0.257 e. The van der Waals surface area contributed by atoms with Gasteiger partial charge in [0, 0.05) is 12.1 Å². The van der Waals surface area contributed by atoms with E-state index in [0.717, 1.165) is 0 Å². The van der Waals surface area contributed by atoms with Crippen LogP contribution in [0.2, 0.25) is 0 Å². The fraction of sp³-hybridized carbons (Fsp3) is 0.364. The molecule has 1 aliphatic rings. The Balaban J connectivity index is 2.31. The maximum absolute atomic E-state index is 13.3. The van der Waals surface area contributed by atoms with Crippen molar-refractivity contribution in [2.45, 2.75) is 24.9 Å². The molecule has 1 aromatic rings. The second kappa shape index (κ2) is 4.76. The molecule has 1 amide bonds. The Morgan fingerprint density at radius 2 is 1.37 bits per heavy atom. The molecular formula is C11H9F5N2O. The molecule has 1 saturated carbocycles. The van der Waals surface area contributed by atoms with Gasteiger partial charge in [-0.15, -0.1) is 0 Å². The normalized spacial score (nSPS) is 22.0. The van der Waals surface area contributed by atoms with Gasteiger partial charge in [0.15, 0.2) is 23.3 Å². The van der Waals surface area contributed by atoms with E-state index in [4.69, 9.17) is 5.73 Å². The molecule has 0 atom stereocenters. The predicted molar refractivity (Wildman–Crippen MR) is 54.7 cm³/mol. The fourth-order valence-corrected chi connectivity index (χ4v) is 1.84. The van der Waals surface area contributed by atoms with Gasteiger partial charge in [0.05, 0.1) is 0 Å². The number of amides is 1. The van der Waals surface area contributed by atoms with Crippen LogP contribution in [0.15, 0.2) is 0 Å². The summed E-state index contributed by atoms with van der Waals surface area (Å²) in [6.07, 6.45) is 0.780. The summed E-state index contributed by atoms with van der Waals surface area (Å²) in [5.74, 6) is -12.2. The van der Waals surface area contributed by atoms with Gasteiger partial charge in [-0.1, -0.05) is 0 Å². The molecule has 3 N–H and O–H groups in total. The first-order chi connectivity index (χ1) is 8.82. The summed E-state index contributed by atoms with van der Waals surface area (Å²) in [5, 5.41) is 2.16. The first-order valence-corrected chi connectivity index (χ1v) is 5.40. The Kier molecular flexibility index (Phi) is 3.44. The molecule has 104 valence electrons. The van der Waals surface area contributed by atoms with Crippen molar-refractivity contribution in [3.05, 3.63) is 34.6 Å². The Hall–Kier alpha value is -1.70. The van der Waals surface area contributed by atoms with Gasteiger partial charge in [0.25, 0.3) is 5.91 Å². The molecular weight excluding hydrogens is 271 g/mol. The minimum Gasteiger partial charge on any atom is -0.349 e. The number of nitrogens with one attached hydrogen (secondary N) is 1. The summed E-state index contributed by atoms with van der Waals surface area (Å²) < 4.78 is 65.2. The minimum absolute atomic E-state index is 0.137. The molecule has 1 fully saturated rings. The average Bonchev–Trinajstić information content (AvgIpc) is 2.32. The van der Waals surface area contributed by atoms with Crippen molar-refractivity contribution in [2.75, 3.05) is 0 Å². The lowest BCUT2D eigenvalue weighted by Gasteiger charge is -2.33. The van der Waals surface area contributed by atoms with Gasteiger partial charge in [-0.05, 0) is 12.8 Å². The molecule has 1 aromatic carbocycles. The lowest BCUT2D eigenvalue weighted by Crippen LogP contribution is -2.50. The summed E-state index contributed by atoms with van der Waals surface area (Å²) in [6, 6.07) is -0.556. The lowest BCUT2D eigenvalue weighted by atomic mass is 9.87. The monoisotopic (exact) mass is 280 g/mol. The van der Waals surface area contributed by atoms with E-state index < -0.39 is 46.6 Å². The van der Waals surface area contributed by atoms with Gasteiger partial charge in [-0.3, -0.25) is 4.79 Å². The van der Waals surface area contributed by atoms with Gasteiger partial charge in [-0.25, -0.2) is 22.0 Å². The van der Waals surface area contributed by atoms with Crippen molar-refractivity contribution < 1.29 is 26.7 Å². The third kappa shape index (κ3) is 2.27. The topological polar surface area (TPSA) is 55.1 Å². The molecule has 19 heavy (non-hydrogen) atoms. The van der Waals surface area contributed by atoms with Crippen LogP contribution in [0.25, 0.3) is 0 Å². The fourth-order valence-electron chi connectivity index (χ4n) is 1.84. The number of nitrogens with two attached hydrogens (primary N) is 1. The van der Waals surface area contributed by atoms with Crippen LogP contribution in [0.1, 0.15) is 23.2 Å². The van der Waals surface area contributed by atoms with E-state index in [9.17, 15) is 26.7 Å². The van der Waals surface area contributed by atoms with E-state index in [2.05, 4.69) is 5.32 Å². The third-order valence-corrected chi connectivity index (χ3v) is 2.95. The molecule has 0 saturated heterocycles. The van der Waals surface area contributed by atoms with Gasteiger partial charge in [0.1, 0.15) is 5.56 Å². The lowest BCUT2D eigenvalue weighted by molar-refractivity contribution is 0.0898. The molecule has 0 spiro atoms. The van der Waals surface area contributed by atoms with Crippen LogP contribution in [-0.2, 0) is 0 Å². The van der Waals surface area contributed by atoms with E-state index in [1.807, 2.05) is 0 Å². The molecule has 3 nitrogen and oxygen atoms in total. The van der Waals surface area contributed by atoms with Crippen LogP contribution in [0.4, 0.5) is 22.0 Å². The zero-order valence-electron chi connectivity index (χ0n) is 9.44. The number of halogens is 5. The second-order valence-electron chi connectivity index (χ2n) is 4.35. The van der Waals surface area contributed by atoms with Crippen LogP contribution < -0.4 is 11.1 Å². The first kappa shape index (κ1) is 13.7. The molecule has 1 aliphatic carbocycles. The number of carbonyl (C=O) groups excluding carboxylic acids is 1. The highest BCUT2D eigenvalue weighted by Gasteiger charge is 2.33. The van der Waals surface area contributed by atoms with Gasteiger partial charge in [-0.2, -0.15) is 0 Å². The smallest absolute Gasteiger partial charge is 0.257 e. The Morgan fingerprint density at radius 1 is 0.947 bits per heavy atom. The van der Waals surface area contributed by atoms with Crippen LogP contribution in [0, 0.1) is 29.1 Å². The quantitative estimate of drug-likeness (QED) is 0.491. The van der Waals surface area contributed by atoms with Crippen molar-refractivity contribution in [1.82, 2.24) is 5.32 Å². The molecule has 8 heteroatoms. The van der Waals surface area contributed by atoms with E-state index >= 15 is 0 Å². The summed E-state index contributed by atoms with van der Waals surface area (Å²) in [7, 11) is 0. The molecule has 0 aliphatic heterocycles.